The summed E-state index contributed by atoms with van der Waals surface area (Å²) < 4.78 is 7.19. The van der Waals surface area contributed by atoms with Gasteiger partial charge in [-0.25, -0.2) is 19.3 Å². The van der Waals surface area contributed by atoms with Crippen LogP contribution < -0.4 is 9.64 Å². The smallest absolute Gasteiger partial charge is 0.320 e. The molecule has 0 saturated carbocycles. The zero-order chi connectivity index (χ0) is 21.2. The Balaban J connectivity index is 1.34. The molecule has 0 atom stereocenters. The Morgan fingerprint density at radius 3 is 2.52 bits per heavy atom. The molecule has 0 bridgehead atoms. The molecular formula is C22H27N7O2. The van der Waals surface area contributed by atoms with E-state index < -0.39 is 0 Å². The Bertz CT molecular complexity index is 1070. The molecule has 0 radical (unpaired) electrons. The topological polar surface area (TPSA) is 79.1 Å². The SMILES string of the molecule is COc1ncccc1-c1cnn2ccc(N3CCN(C(=O)N4CCCCC4)CC3)nc12. The quantitative estimate of drug-likeness (QED) is 0.647. The monoisotopic (exact) mass is 421 g/mol. The van der Waals surface area contributed by atoms with Gasteiger partial charge in [-0.15, -0.1) is 0 Å². The molecule has 3 aromatic heterocycles. The summed E-state index contributed by atoms with van der Waals surface area (Å²) in [5.41, 5.74) is 2.50. The van der Waals surface area contributed by atoms with E-state index in [9.17, 15) is 4.79 Å². The lowest BCUT2D eigenvalue weighted by Crippen LogP contribution is -2.53. The number of carbonyl (C=O) groups is 1. The first-order chi connectivity index (χ1) is 15.2. The van der Waals surface area contributed by atoms with E-state index in [1.165, 1.54) is 6.42 Å². The molecule has 31 heavy (non-hydrogen) atoms. The summed E-state index contributed by atoms with van der Waals surface area (Å²) in [6.07, 6.45) is 8.89. The number of urea groups is 1. The van der Waals surface area contributed by atoms with Crippen LogP contribution in [0, 0.1) is 0 Å². The fourth-order valence-electron chi connectivity index (χ4n) is 4.40. The molecule has 2 amide bonds. The largest absolute Gasteiger partial charge is 0.481 e. The van der Waals surface area contributed by atoms with Crippen LogP contribution >= 0.6 is 0 Å². The van der Waals surface area contributed by atoms with Crippen LogP contribution in [0.5, 0.6) is 5.88 Å². The summed E-state index contributed by atoms with van der Waals surface area (Å²) in [5.74, 6) is 1.44. The van der Waals surface area contributed by atoms with Gasteiger partial charge in [-0.3, -0.25) is 0 Å². The van der Waals surface area contributed by atoms with Crippen molar-refractivity contribution in [3.05, 3.63) is 36.8 Å². The zero-order valence-electron chi connectivity index (χ0n) is 17.8. The van der Waals surface area contributed by atoms with Crippen LogP contribution in [-0.4, -0.2) is 81.8 Å². The number of pyridine rings is 1. The number of piperidine rings is 1. The first-order valence-corrected chi connectivity index (χ1v) is 10.9. The number of aromatic nitrogens is 4. The number of amides is 2. The number of hydrogen-bond acceptors (Lipinski definition) is 6. The van der Waals surface area contributed by atoms with E-state index >= 15 is 0 Å². The second kappa shape index (κ2) is 8.41. The Morgan fingerprint density at radius 1 is 0.968 bits per heavy atom. The van der Waals surface area contributed by atoms with Gasteiger partial charge in [0.15, 0.2) is 5.65 Å². The molecular weight excluding hydrogens is 394 g/mol. The van der Waals surface area contributed by atoms with Crippen molar-refractivity contribution in [3.63, 3.8) is 0 Å². The minimum Gasteiger partial charge on any atom is -0.481 e. The minimum absolute atomic E-state index is 0.185. The van der Waals surface area contributed by atoms with Gasteiger partial charge in [-0.1, -0.05) is 0 Å². The standard InChI is InChI=1S/C22H27N7O2/c1-31-21-17(6-5-8-23-21)18-16-24-29-11-7-19(25-20(18)29)26-12-14-28(15-13-26)22(30)27-9-3-2-4-10-27/h5-8,11,16H,2-4,9-10,12-15H2,1H3. The van der Waals surface area contributed by atoms with E-state index in [4.69, 9.17) is 9.72 Å². The lowest BCUT2D eigenvalue weighted by atomic mass is 10.1. The third-order valence-electron chi connectivity index (χ3n) is 6.11. The summed E-state index contributed by atoms with van der Waals surface area (Å²) in [4.78, 5) is 28.2. The molecule has 9 nitrogen and oxygen atoms in total. The highest BCUT2D eigenvalue weighted by Gasteiger charge is 2.27. The van der Waals surface area contributed by atoms with E-state index in [2.05, 4.69) is 15.0 Å². The van der Waals surface area contributed by atoms with Gasteiger partial charge in [-0.2, -0.15) is 5.10 Å². The highest BCUT2D eigenvalue weighted by atomic mass is 16.5. The van der Waals surface area contributed by atoms with Gasteiger partial charge in [0.05, 0.1) is 18.9 Å². The van der Waals surface area contributed by atoms with Crippen molar-refractivity contribution < 1.29 is 9.53 Å². The molecule has 2 saturated heterocycles. The highest BCUT2D eigenvalue weighted by molar-refractivity contribution is 5.80. The molecule has 0 aromatic carbocycles. The van der Waals surface area contributed by atoms with E-state index in [0.717, 1.165) is 61.6 Å². The van der Waals surface area contributed by atoms with Crippen molar-refractivity contribution in [1.82, 2.24) is 29.4 Å². The zero-order valence-corrected chi connectivity index (χ0v) is 17.8. The number of hydrogen-bond donors (Lipinski definition) is 0. The lowest BCUT2D eigenvalue weighted by molar-refractivity contribution is 0.141. The number of likely N-dealkylation sites (tertiary alicyclic amines) is 1. The number of rotatable bonds is 3. The Labute approximate surface area is 181 Å². The summed E-state index contributed by atoms with van der Waals surface area (Å²) in [7, 11) is 1.61. The van der Waals surface area contributed by atoms with Gasteiger partial charge >= 0.3 is 6.03 Å². The normalized spacial score (nSPS) is 17.3. The first-order valence-electron chi connectivity index (χ1n) is 10.9. The highest BCUT2D eigenvalue weighted by Crippen LogP contribution is 2.31. The lowest BCUT2D eigenvalue weighted by Gasteiger charge is -2.39. The summed E-state index contributed by atoms with van der Waals surface area (Å²) in [6, 6.07) is 6.00. The summed E-state index contributed by atoms with van der Waals surface area (Å²) in [5, 5.41) is 4.44. The Morgan fingerprint density at radius 2 is 1.74 bits per heavy atom. The van der Waals surface area contributed by atoms with E-state index in [1.54, 1.807) is 24.0 Å². The van der Waals surface area contributed by atoms with Gasteiger partial charge in [-0.05, 0) is 37.5 Å². The third-order valence-corrected chi connectivity index (χ3v) is 6.11. The fraction of sp³-hybridized carbons (Fsp3) is 0.455. The van der Waals surface area contributed by atoms with Crippen molar-refractivity contribution in [1.29, 1.82) is 0 Å². The van der Waals surface area contributed by atoms with E-state index in [1.807, 2.05) is 34.2 Å². The fourth-order valence-corrected chi connectivity index (χ4v) is 4.40. The predicted molar refractivity (Wildman–Crippen MR) is 117 cm³/mol. The van der Waals surface area contributed by atoms with Crippen LogP contribution in [0.3, 0.4) is 0 Å². The molecule has 0 N–H and O–H groups in total. The maximum Gasteiger partial charge on any atom is 0.320 e. The second-order valence-electron chi connectivity index (χ2n) is 7.98. The van der Waals surface area contributed by atoms with Crippen molar-refractivity contribution in [3.8, 4) is 17.0 Å². The van der Waals surface area contributed by atoms with Crippen LogP contribution in [0.1, 0.15) is 19.3 Å². The number of fused-ring (bicyclic) bond motifs is 1. The third kappa shape index (κ3) is 3.75. The number of anilines is 1. The molecule has 3 aromatic rings. The summed E-state index contributed by atoms with van der Waals surface area (Å²) >= 11 is 0. The number of piperazine rings is 1. The first kappa shape index (κ1) is 19.6. The number of carbonyl (C=O) groups excluding carboxylic acids is 1. The molecule has 0 unspecified atom stereocenters. The van der Waals surface area contributed by atoms with Crippen LogP contribution in [0.4, 0.5) is 10.6 Å². The molecule has 0 spiro atoms. The average molecular weight is 422 g/mol. The maximum absolute atomic E-state index is 12.8. The molecule has 0 aliphatic carbocycles. The maximum atomic E-state index is 12.8. The van der Waals surface area contributed by atoms with Gasteiger partial charge in [0.2, 0.25) is 5.88 Å². The van der Waals surface area contributed by atoms with Gasteiger partial charge in [0, 0.05) is 57.2 Å². The van der Waals surface area contributed by atoms with Gasteiger partial charge < -0.3 is 19.4 Å². The molecule has 2 aliphatic heterocycles. The second-order valence-corrected chi connectivity index (χ2v) is 7.98. The van der Waals surface area contributed by atoms with Crippen LogP contribution in [0.25, 0.3) is 16.8 Å². The van der Waals surface area contributed by atoms with Crippen molar-refractivity contribution in [2.75, 3.05) is 51.3 Å². The minimum atomic E-state index is 0.185. The van der Waals surface area contributed by atoms with E-state index in [-0.39, 0.29) is 6.03 Å². The molecule has 9 heteroatoms. The van der Waals surface area contributed by atoms with Crippen molar-refractivity contribution >= 4 is 17.5 Å². The molecule has 5 rings (SSSR count). The average Bonchev–Trinajstić information content (AvgIpc) is 3.27. The predicted octanol–water partition coefficient (Wildman–Crippen LogP) is 2.53. The molecule has 2 aliphatic rings. The van der Waals surface area contributed by atoms with Crippen molar-refractivity contribution in [2.24, 2.45) is 0 Å². The summed E-state index contributed by atoms with van der Waals surface area (Å²) in [6.45, 7) is 4.73. The van der Waals surface area contributed by atoms with Crippen LogP contribution in [0.15, 0.2) is 36.8 Å². The van der Waals surface area contributed by atoms with Crippen LogP contribution in [-0.2, 0) is 0 Å². The number of ether oxygens (including phenoxy) is 1. The molecule has 2 fully saturated rings. The molecule has 162 valence electrons. The Hall–Kier alpha value is -3.36. The Kier molecular flexibility index (Phi) is 5.31. The molecule has 5 heterocycles. The van der Waals surface area contributed by atoms with Crippen LogP contribution in [0.2, 0.25) is 0 Å². The van der Waals surface area contributed by atoms with Crippen molar-refractivity contribution in [2.45, 2.75) is 19.3 Å². The number of nitrogens with zero attached hydrogens (tertiary/aromatic N) is 7. The van der Waals surface area contributed by atoms with Gasteiger partial charge in [0.1, 0.15) is 5.82 Å². The van der Waals surface area contributed by atoms with E-state index in [0.29, 0.717) is 19.0 Å². The number of methoxy groups -OCH3 is 1. The van der Waals surface area contributed by atoms with Gasteiger partial charge in [0.25, 0.3) is 0 Å².